The second-order valence-electron chi connectivity index (χ2n) is 6.37. The highest BCUT2D eigenvalue weighted by Crippen LogP contribution is 2.43. The van der Waals surface area contributed by atoms with Crippen LogP contribution in [0.1, 0.15) is 50.5 Å². The Morgan fingerprint density at radius 1 is 1.15 bits per heavy atom. The standard InChI is InChI=1S/C18H27NO/c1-2-19-13-16-7-5-6-14(16)12-15-10-11-20-18-9-4-3-8-17(15)18/h3-4,8-9,14-16,19H,2,5-7,10-13H2,1H3. The van der Waals surface area contributed by atoms with Crippen LogP contribution in [0.15, 0.2) is 24.3 Å². The molecule has 1 aliphatic carbocycles. The van der Waals surface area contributed by atoms with E-state index >= 15 is 0 Å². The van der Waals surface area contributed by atoms with Gasteiger partial charge in [0.2, 0.25) is 0 Å². The molecule has 0 bridgehead atoms. The summed E-state index contributed by atoms with van der Waals surface area (Å²) in [4.78, 5) is 0. The molecule has 2 aliphatic rings. The van der Waals surface area contributed by atoms with Crippen LogP contribution in [0.3, 0.4) is 0 Å². The van der Waals surface area contributed by atoms with Crippen LogP contribution >= 0.6 is 0 Å². The summed E-state index contributed by atoms with van der Waals surface area (Å²) in [7, 11) is 0. The summed E-state index contributed by atoms with van der Waals surface area (Å²) in [5.41, 5.74) is 1.45. The maximum atomic E-state index is 5.80. The lowest BCUT2D eigenvalue weighted by molar-refractivity contribution is 0.239. The Morgan fingerprint density at radius 2 is 2.00 bits per heavy atom. The van der Waals surface area contributed by atoms with Crippen molar-refractivity contribution < 1.29 is 4.74 Å². The van der Waals surface area contributed by atoms with Gasteiger partial charge in [-0.25, -0.2) is 0 Å². The van der Waals surface area contributed by atoms with Crippen LogP contribution in [0.5, 0.6) is 5.75 Å². The topological polar surface area (TPSA) is 21.3 Å². The highest BCUT2D eigenvalue weighted by Gasteiger charge is 2.31. The Kier molecular flexibility index (Phi) is 4.62. The van der Waals surface area contributed by atoms with Crippen molar-refractivity contribution in [1.29, 1.82) is 0 Å². The molecule has 0 amide bonds. The van der Waals surface area contributed by atoms with Crippen molar-refractivity contribution in [2.45, 2.75) is 44.9 Å². The number of rotatable bonds is 5. The second kappa shape index (κ2) is 6.62. The van der Waals surface area contributed by atoms with Gasteiger partial charge < -0.3 is 10.1 Å². The van der Waals surface area contributed by atoms with Crippen LogP contribution in [-0.2, 0) is 0 Å². The van der Waals surface area contributed by atoms with Gasteiger partial charge in [-0.15, -0.1) is 0 Å². The summed E-state index contributed by atoms with van der Waals surface area (Å²) in [6.07, 6.45) is 6.82. The molecule has 1 aromatic rings. The molecule has 1 fully saturated rings. The predicted octanol–water partition coefficient (Wildman–Crippen LogP) is 3.97. The molecule has 0 spiro atoms. The third-order valence-corrected chi connectivity index (χ3v) is 5.14. The Labute approximate surface area is 122 Å². The zero-order chi connectivity index (χ0) is 13.8. The molecule has 3 rings (SSSR count). The Hall–Kier alpha value is -1.02. The van der Waals surface area contributed by atoms with Crippen LogP contribution in [0.25, 0.3) is 0 Å². The molecule has 1 aromatic carbocycles. The van der Waals surface area contributed by atoms with Gasteiger partial charge in [-0.05, 0) is 61.7 Å². The minimum atomic E-state index is 0.715. The van der Waals surface area contributed by atoms with E-state index in [0.717, 1.165) is 30.7 Å². The van der Waals surface area contributed by atoms with E-state index in [4.69, 9.17) is 4.74 Å². The molecule has 1 heterocycles. The van der Waals surface area contributed by atoms with Crippen molar-refractivity contribution in [1.82, 2.24) is 5.32 Å². The van der Waals surface area contributed by atoms with E-state index in [1.54, 1.807) is 0 Å². The van der Waals surface area contributed by atoms with Gasteiger partial charge in [-0.3, -0.25) is 0 Å². The average molecular weight is 273 g/mol. The molecule has 2 nitrogen and oxygen atoms in total. The minimum Gasteiger partial charge on any atom is -0.493 e. The summed E-state index contributed by atoms with van der Waals surface area (Å²) < 4.78 is 5.80. The number of hydrogen-bond donors (Lipinski definition) is 1. The van der Waals surface area contributed by atoms with Gasteiger partial charge in [-0.1, -0.05) is 38.0 Å². The Balaban J connectivity index is 1.66. The normalized spacial score (nSPS) is 28.9. The van der Waals surface area contributed by atoms with E-state index in [1.165, 1.54) is 44.2 Å². The summed E-state index contributed by atoms with van der Waals surface area (Å²) >= 11 is 0. The molecule has 3 atom stereocenters. The summed E-state index contributed by atoms with van der Waals surface area (Å²) in [5, 5.41) is 3.55. The first-order valence-electron chi connectivity index (χ1n) is 8.31. The zero-order valence-electron chi connectivity index (χ0n) is 12.6. The highest BCUT2D eigenvalue weighted by molar-refractivity contribution is 5.37. The van der Waals surface area contributed by atoms with Crippen LogP contribution in [-0.4, -0.2) is 19.7 Å². The molecule has 1 aliphatic heterocycles. The molecule has 110 valence electrons. The number of para-hydroxylation sites is 1. The molecule has 20 heavy (non-hydrogen) atoms. The SMILES string of the molecule is CCNCC1CCCC1CC1CCOc2ccccc21. The molecule has 2 heteroatoms. The number of ether oxygens (including phenoxy) is 1. The van der Waals surface area contributed by atoms with Gasteiger partial charge >= 0.3 is 0 Å². The van der Waals surface area contributed by atoms with Crippen LogP contribution in [0, 0.1) is 11.8 Å². The minimum absolute atomic E-state index is 0.715. The number of fused-ring (bicyclic) bond motifs is 1. The Bertz CT molecular complexity index is 431. The molecular weight excluding hydrogens is 246 g/mol. The first kappa shape index (κ1) is 13.9. The number of benzene rings is 1. The van der Waals surface area contributed by atoms with Gasteiger partial charge in [0.15, 0.2) is 0 Å². The fraction of sp³-hybridized carbons (Fsp3) is 0.667. The van der Waals surface area contributed by atoms with Crippen molar-refractivity contribution in [3.05, 3.63) is 29.8 Å². The molecule has 1 saturated carbocycles. The van der Waals surface area contributed by atoms with Crippen molar-refractivity contribution in [3.8, 4) is 5.75 Å². The van der Waals surface area contributed by atoms with Crippen molar-refractivity contribution >= 4 is 0 Å². The van der Waals surface area contributed by atoms with Crippen LogP contribution in [0.2, 0.25) is 0 Å². The lowest BCUT2D eigenvalue weighted by Gasteiger charge is -2.30. The highest BCUT2D eigenvalue weighted by atomic mass is 16.5. The Morgan fingerprint density at radius 3 is 2.90 bits per heavy atom. The zero-order valence-corrected chi connectivity index (χ0v) is 12.6. The van der Waals surface area contributed by atoms with Gasteiger partial charge in [0, 0.05) is 0 Å². The lowest BCUT2D eigenvalue weighted by atomic mass is 9.81. The molecular formula is C18H27NO. The van der Waals surface area contributed by atoms with Gasteiger partial charge in [0.05, 0.1) is 6.61 Å². The molecule has 0 aromatic heterocycles. The van der Waals surface area contributed by atoms with Gasteiger partial charge in [0.25, 0.3) is 0 Å². The number of nitrogens with one attached hydrogen (secondary N) is 1. The first-order valence-corrected chi connectivity index (χ1v) is 8.31. The maximum absolute atomic E-state index is 5.80. The van der Waals surface area contributed by atoms with Crippen LogP contribution < -0.4 is 10.1 Å². The molecule has 3 unspecified atom stereocenters. The van der Waals surface area contributed by atoms with Crippen molar-refractivity contribution in [2.24, 2.45) is 11.8 Å². The summed E-state index contributed by atoms with van der Waals surface area (Å²) in [5.74, 6) is 3.65. The van der Waals surface area contributed by atoms with E-state index in [9.17, 15) is 0 Å². The largest absolute Gasteiger partial charge is 0.493 e. The lowest BCUT2D eigenvalue weighted by Crippen LogP contribution is -2.26. The van der Waals surface area contributed by atoms with E-state index in [-0.39, 0.29) is 0 Å². The molecule has 0 saturated heterocycles. The fourth-order valence-corrected chi connectivity index (χ4v) is 4.05. The second-order valence-corrected chi connectivity index (χ2v) is 6.37. The third-order valence-electron chi connectivity index (χ3n) is 5.14. The van der Waals surface area contributed by atoms with E-state index in [2.05, 4.69) is 36.5 Å². The van der Waals surface area contributed by atoms with E-state index < -0.39 is 0 Å². The maximum Gasteiger partial charge on any atom is 0.122 e. The van der Waals surface area contributed by atoms with Crippen LogP contribution in [0.4, 0.5) is 0 Å². The quantitative estimate of drug-likeness (QED) is 0.876. The smallest absolute Gasteiger partial charge is 0.122 e. The third kappa shape index (κ3) is 3.01. The summed E-state index contributed by atoms with van der Waals surface area (Å²) in [6, 6.07) is 8.65. The monoisotopic (exact) mass is 273 g/mol. The van der Waals surface area contributed by atoms with Gasteiger partial charge in [-0.2, -0.15) is 0 Å². The first-order chi connectivity index (χ1) is 9.88. The number of hydrogen-bond acceptors (Lipinski definition) is 2. The molecule has 1 N–H and O–H groups in total. The molecule has 0 radical (unpaired) electrons. The summed E-state index contributed by atoms with van der Waals surface area (Å²) in [6.45, 7) is 5.42. The van der Waals surface area contributed by atoms with E-state index in [0.29, 0.717) is 5.92 Å². The van der Waals surface area contributed by atoms with Crippen molar-refractivity contribution in [3.63, 3.8) is 0 Å². The van der Waals surface area contributed by atoms with E-state index in [1.807, 2.05) is 0 Å². The average Bonchev–Trinajstić information content (AvgIpc) is 2.93. The predicted molar refractivity (Wildman–Crippen MR) is 83.3 cm³/mol. The van der Waals surface area contributed by atoms with Crippen molar-refractivity contribution in [2.75, 3.05) is 19.7 Å². The fourth-order valence-electron chi connectivity index (χ4n) is 4.05. The van der Waals surface area contributed by atoms with Gasteiger partial charge in [0.1, 0.15) is 5.75 Å².